The molecule has 1 aliphatic heterocycles. The molecule has 2 amide bonds. The first kappa shape index (κ1) is 18.9. The highest BCUT2D eigenvalue weighted by Gasteiger charge is 2.34. The lowest BCUT2D eigenvalue weighted by Gasteiger charge is -2.22. The maximum atomic E-state index is 13.0. The fourth-order valence-corrected chi connectivity index (χ4v) is 3.46. The van der Waals surface area contributed by atoms with Gasteiger partial charge in [-0.25, -0.2) is 9.18 Å². The third-order valence-electron chi connectivity index (χ3n) is 4.95. The van der Waals surface area contributed by atoms with Gasteiger partial charge in [0.15, 0.2) is 0 Å². The molecule has 0 unspecified atom stereocenters. The third-order valence-corrected chi connectivity index (χ3v) is 4.95. The standard InChI is InChI=1S/C21H21FN4O3/c1-28-18-7-3-2-5-16(18)19-24-20(29-25-19)17-6-4-12-26(17)21(27)23-13-14-8-10-15(22)11-9-14/h2-3,5,7-11,17H,4,6,12-13H2,1H3,(H,23,27)/t17-/m1/s1. The number of methoxy groups -OCH3 is 1. The molecular formula is C21H21FN4O3. The maximum Gasteiger partial charge on any atom is 0.318 e. The van der Waals surface area contributed by atoms with Crippen LogP contribution in [0, 0.1) is 5.82 Å². The number of urea groups is 1. The minimum Gasteiger partial charge on any atom is -0.496 e. The minimum absolute atomic E-state index is 0.214. The Morgan fingerprint density at radius 2 is 2.07 bits per heavy atom. The van der Waals surface area contributed by atoms with Crippen LogP contribution in [-0.2, 0) is 6.54 Å². The van der Waals surface area contributed by atoms with Crippen molar-refractivity contribution in [3.8, 4) is 17.1 Å². The number of amides is 2. The number of aromatic nitrogens is 2. The van der Waals surface area contributed by atoms with Gasteiger partial charge in [0.2, 0.25) is 11.7 Å². The van der Waals surface area contributed by atoms with Crippen LogP contribution in [0.2, 0.25) is 0 Å². The molecule has 1 fully saturated rings. The quantitative estimate of drug-likeness (QED) is 0.707. The van der Waals surface area contributed by atoms with Crippen LogP contribution in [0.4, 0.5) is 9.18 Å². The summed E-state index contributed by atoms with van der Waals surface area (Å²) in [6.45, 7) is 0.922. The molecule has 29 heavy (non-hydrogen) atoms. The van der Waals surface area contributed by atoms with Gasteiger partial charge in [-0.15, -0.1) is 0 Å². The number of ether oxygens (including phenoxy) is 1. The molecule has 1 atom stereocenters. The Kier molecular flexibility index (Phi) is 5.41. The maximum absolute atomic E-state index is 13.0. The van der Waals surface area contributed by atoms with Gasteiger partial charge in [0.05, 0.1) is 12.7 Å². The molecule has 0 spiro atoms. The summed E-state index contributed by atoms with van der Waals surface area (Å²) in [4.78, 5) is 18.9. The predicted octanol–water partition coefficient (Wildman–Crippen LogP) is 3.93. The van der Waals surface area contributed by atoms with Gasteiger partial charge in [-0.2, -0.15) is 4.98 Å². The van der Waals surface area contributed by atoms with Gasteiger partial charge in [0.25, 0.3) is 0 Å². The topological polar surface area (TPSA) is 80.5 Å². The first-order chi connectivity index (χ1) is 14.2. The number of rotatable bonds is 5. The van der Waals surface area contributed by atoms with E-state index in [2.05, 4.69) is 15.5 Å². The van der Waals surface area contributed by atoms with E-state index >= 15 is 0 Å². The Morgan fingerprint density at radius 1 is 1.28 bits per heavy atom. The molecular weight excluding hydrogens is 375 g/mol. The number of hydrogen-bond acceptors (Lipinski definition) is 5. The molecule has 0 saturated carbocycles. The highest BCUT2D eigenvalue weighted by atomic mass is 19.1. The summed E-state index contributed by atoms with van der Waals surface area (Å²) < 4.78 is 23.9. The second-order valence-electron chi connectivity index (χ2n) is 6.79. The number of halogens is 1. The van der Waals surface area contributed by atoms with E-state index in [1.807, 2.05) is 24.3 Å². The minimum atomic E-state index is -0.304. The molecule has 0 bridgehead atoms. The van der Waals surface area contributed by atoms with Gasteiger partial charge in [0.1, 0.15) is 17.6 Å². The first-order valence-corrected chi connectivity index (χ1v) is 9.41. The molecule has 4 rings (SSSR count). The second kappa shape index (κ2) is 8.30. The largest absolute Gasteiger partial charge is 0.496 e. The highest BCUT2D eigenvalue weighted by molar-refractivity contribution is 5.75. The number of benzene rings is 2. The van der Waals surface area contributed by atoms with Crippen LogP contribution in [0.5, 0.6) is 5.75 Å². The number of carbonyl (C=O) groups excluding carboxylic acids is 1. The van der Waals surface area contributed by atoms with Gasteiger partial charge in [-0.1, -0.05) is 29.4 Å². The molecule has 1 aliphatic rings. The van der Waals surface area contributed by atoms with Crippen molar-refractivity contribution in [3.05, 3.63) is 65.8 Å². The molecule has 2 heterocycles. The van der Waals surface area contributed by atoms with Crippen LogP contribution in [0.3, 0.4) is 0 Å². The normalized spacial score (nSPS) is 16.1. The number of nitrogens with zero attached hydrogens (tertiary/aromatic N) is 3. The summed E-state index contributed by atoms with van der Waals surface area (Å²) in [5, 5.41) is 6.95. The van der Waals surface area contributed by atoms with Crippen molar-refractivity contribution >= 4 is 6.03 Å². The Labute approximate surface area is 167 Å². The van der Waals surface area contributed by atoms with E-state index in [0.29, 0.717) is 30.6 Å². The summed E-state index contributed by atoms with van der Waals surface area (Å²) in [6.07, 6.45) is 1.60. The van der Waals surface area contributed by atoms with Crippen LogP contribution < -0.4 is 10.1 Å². The van der Waals surface area contributed by atoms with E-state index in [-0.39, 0.29) is 17.9 Å². The lowest BCUT2D eigenvalue weighted by Crippen LogP contribution is -2.39. The summed E-state index contributed by atoms with van der Waals surface area (Å²) in [5.41, 5.74) is 1.56. The summed E-state index contributed by atoms with van der Waals surface area (Å²) in [5.74, 6) is 1.18. The van der Waals surface area contributed by atoms with Crippen molar-refractivity contribution in [2.75, 3.05) is 13.7 Å². The van der Waals surface area contributed by atoms with Crippen LogP contribution in [-0.4, -0.2) is 34.7 Å². The van der Waals surface area contributed by atoms with E-state index in [4.69, 9.17) is 9.26 Å². The molecule has 7 nitrogen and oxygen atoms in total. The van der Waals surface area contributed by atoms with Crippen molar-refractivity contribution in [1.29, 1.82) is 0 Å². The number of nitrogens with one attached hydrogen (secondary N) is 1. The van der Waals surface area contributed by atoms with Gasteiger partial charge in [-0.05, 0) is 42.7 Å². The molecule has 1 aromatic heterocycles. The van der Waals surface area contributed by atoms with Gasteiger partial charge in [-0.3, -0.25) is 0 Å². The predicted molar refractivity (Wildman–Crippen MR) is 104 cm³/mol. The fourth-order valence-electron chi connectivity index (χ4n) is 3.46. The van der Waals surface area contributed by atoms with Gasteiger partial charge < -0.3 is 19.5 Å². The van der Waals surface area contributed by atoms with E-state index in [0.717, 1.165) is 24.0 Å². The zero-order valence-corrected chi connectivity index (χ0v) is 16.0. The average Bonchev–Trinajstić information content (AvgIpc) is 3.42. The Hall–Kier alpha value is -3.42. The number of hydrogen-bond donors (Lipinski definition) is 1. The first-order valence-electron chi connectivity index (χ1n) is 9.41. The van der Waals surface area contributed by atoms with Crippen molar-refractivity contribution in [2.24, 2.45) is 0 Å². The lowest BCUT2D eigenvalue weighted by molar-refractivity contribution is 0.180. The van der Waals surface area contributed by atoms with Gasteiger partial charge >= 0.3 is 6.03 Å². The van der Waals surface area contributed by atoms with E-state index in [1.165, 1.54) is 12.1 Å². The van der Waals surface area contributed by atoms with E-state index in [1.54, 1.807) is 24.1 Å². The molecule has 0 aliphatic carbocycles. The zero-order valence-electron chi connectivity index (χ0n) is 16.0. The molecule has 1 saturated heterocycles. The van der Waals surface area contributed by atoms with E-state index in [9.17, 15) is 9.18 Å². The monoisotopic (exact) mass is 396 g/mol. The molecule has 8 heteroatoms. The molecule has 1 N–H and O–H groups in total. The fraction of sp³-hybridized carbons (Fsp3) is 0.286. The number of para-hydroxylation sites is 1. The Bertz CT molecular complexity index is 990. The smallest absolute Gasteiger partial charge is 0.318 e. The highest BCUT2D eigenvalue weighted by Crippen LogP contribution is 2.33. The number of carbonyl (C=O) groups is 1. The SMILES string of the molecule is COc1ccccc1-c1noc([C@H]2CCCN2C(=O)NCc2ccc(F)cc2)n1. The van der Waals surface area contributed by atoms with Crippen molar-refractivity contribution < 1.29 is 18.4 Å². The average molecular weight is 396 g/mol. The Morgan fingerprint density at radius 3 is 2.86 bits per heavy atom. The third kappa shape index (κ3) is 4.06. The van der Waals surface area contributed by atoms with Crippen molar-refractivity contribution in [3.63, 3.8) is 0 Å². The zero-order chi connectivity index (χ0) is 20.2. The van der Waals surface area contributed by atoms with Crippen LogP contribution >= 0.6 is 0 Å². The summed E-state index contributed by atoms with van der Waals surface area (Å²) >= 11 is 0. The van der Waals surface area contributed by atoms with Crippen LogP contribution in [0.1, 0.15) is 30.3 Å². The molecule has 0 radical (unpaired) electrons. The van der Waals surface area contributed by atoms with Crippen LogP contribution in [0.15, 0.2) is 53.1 Å². The van der Waals surface area contributed by atoms with Crippen LogP contribution in [0.25, 0.3) is 11.4 Å². The lowest BCUT2D eigenvalue weighted by atomic mass is 10.2. The van der Waals surface area contributed by atoms with Crippen molar-refractivity contribution in [2.45, 2.75) is 25.4 Å². The summed E-state index contributed by atoms with van der Waals surface area (Å²) in [7, 11) is 1.59. The van der Waals surface area contributed by atoms with E-state index < -0.39 is 0 Å². The number of likely N-dealkylation sites (tertiary alicyclic amines) is 1. The molecule has 2 aromatic carbocycles. The van der Waals surface area contributed by atoms with Gasteiger partial charge in [0, 0.05) is 13.1 Å². The second-order valence-corrected chi connectivity index (χ2v) is 6.79. The summed E-state index contributed by atoms with van der Waals surface area (Å²) in [6, 6.07) is 13.0. The van der Waals surface area contributed by atoms with Crippen molar-refractivity contribution in [1.82, 2.24) is 20.4 Å². The Balaban J connectivity index is 1.46. The molecule has 150 valence electrons. The molecule has 3 aromatic rings.